The van der Waals surface area contributed by atoms with Crippen LogP contribution < -0.4 is 5.32 Å². The van der Waals surface area contributed by atoms with Gasteiger partial charge in [0.25, 0.3) is 5.91 Å². The summed E-state index contributed by atoms with van der Waals surface area (Å²) in [7, 11) is 0. The van der Waals surface area contributed by atoms with Gasteiger partial charge in [-0.1, -0.05) is 42.5 Å². The molecule has 27 heavy (non-hydrogen) atoms. The van der Waals surface area contributed by atoms with Crippen LogP contribution in [0, 0.1) is 0 Å². The maximum atomic E-state index is 13.0. The van der Waals surface area contributed by atoms with Gasteiger partial charge in [-0.25, -0.2) is 0 Å². The van der Waals surface area contributed by atoms with E-state index in [2.05, 4.69) is 15.5 Å². The van der Waals surface area contributed by atoms with Crippen molar-refractivity contribution in [2.45, 2.75) is 12.6 Å². The Morgan fingerprint density at radius 2 is 1.63 bits per heavy atom. The molecule has 0 spiro atoms. The lowest BCUT2D eigenvalue weighted by Crippen LogP contribution is -2.27. The first-order chi connectivity index (χ1) is 13.3. The standard InChI is InChI=1S/C21H19N5O/c27-21(20(26-15-5-13-23-26)18-6-2-1-3-7-18)24-19-10-8-17(9-11-19)16-25-14-4-12-22-25/h1-15,20H,16H2,(H,24,27). The van der Waals surface area contributed by atoms with Crippen molar-refractivity contribution in [3.05, 3.63) is 103 Å². The van der Waals surface area contributed by atoms with Crippen LogP contribution in [0.15, 0.2) is 91.5 Å². The van der Waals surface area contributed by atoms with E-state index in [1.165, 1.54) is 0 Å². The second kappa shape index (κ2) is 7.70. The van der Waals surface area contributed by atoms with Crippen LogP contribution in [0.4, 0.5) is 5.69 Å². The molecule has 2 heterocycles. The van der Waals surface area contributed by atoms with Crippen molar-refractivity contribution in [2.75, 3.05) is 5.32 Å². The number of hydrogen-bond donors (Lipinski definition) is 1. The molecule has 0 radical (unpaired) electrons. The molecule has 1 atom stereocenters. The van der Waals surface area contributed by atoms with Crippen LogP contribution in [0.25, 0.3) is 0 Å². The Morgan fingerprint density at radius 3 is 2.30 bits per heavy atom. The first-order valence-corrected chi connectivity index (χ1v) is 8.71. The third-order valence-electron chi connectivity index (χ3n) is 4.28. The third kappa shape index (κ3) is 3.95. The van der Waals surface area contributed by atoms with Crippen LogP contribution in [0.3, 0.4) is 0 Å². The van der Waals surface area contributed by atoms with E-state index >= 15 is 0 Å². The van der Waals surface area contributed by atoms with E-state index in [0.29, 0.717) is 6.54 Å². The molecule has 4 rings (SSSR count). The van der Waals surface area contributed by atoms with Gasteiger partial charge in [-0.3, -0.25) is 14.2 Å². The van der Waals surface area contributed by atoms with Gasteiger partial charge in [-0.2, -0.15) is 10.2 Å². The van der Waals surface area contributed by atoms with Crippen molar-refractivity contribution < 1.29 is 4.79 Å². The summed E-state index contributed by atoms with van der Waals surface area (Å²) in [4.78, 5) is 13.0. The van der Waals surface area contributed by atoms with E-state index < -0.39 is 6.04 Å². The van der Waals surface area contributed by atoms with Gasteiger partial charge in [-0.15, -0.1) is 0 Å². The zero-order valence-electron chi connectivity index (χ0n) is 14.6. The highest BCUT2D eigenvalue weighted by Gasteiger charge is 2.22. The van der Waals surface area contributed by atoms with E-state index in [0.717, 1.165) is 16.8 Å². The smallest absolute Gasteiger partial charge is 0.253 e. The van der Waals surface area contributed by atoms with Crippen LogP contribution in [0.2, 0.25) is 0 Å². The maximum absolute atomic E-state index is 13.0. The SMILES string of the molecule is O=C(Nc1ccc(Cn2cccn2)cc1)C(c1ccccc1)n1cccn1. The van der Waals surface area contributed by atoms with Gasteiger partial charge in [0.15, 0.2) is 6.04 Å². The molecule has 0 fully saturated rings. The number of nitrogens with zero attached hydrogens (tertiary/aromatic N) is 4. The second-order valence-corrected chi connectivity index (χ2v) is 6.19. The highest BCUT2D eigenvalue weighted by atomic mass is 16.2. The molecule has 1 unspecified atom stereocenters. The Balaban J connectivity index is 1.51. The number of nitrogens with one attached hydrogen (secondary N) is 1. The Labute approximate surface area is 157 Å². The molecule has 0 aliphatic carbocycles. The monoisotopic (exact) mass is 357 g/mol. The van der Waals surface area contributed by atoms with Crippen molar-refractivity contribution in [3.63, 3.8) is 0 Å². The number of hydrogen-bond acceptors (Lipinski definition) is 3. The average Bonchev–Trinajstić information content (AvgIpc) is 3.39. The zero-order chi connectivity index (χ0) is 18.5. The van der Waals surface area contributed by atoms with Crippen molar-refractivity contribution in [1.29, 1.82) is 0 Å². The minimum atomic E-state index is -0.523. The minimum Gasteiger partial charge on any atom is -0.324 e. The lowest BCUT2D eigenvalue weighted by Gasteiger charge is -2.18. The first-order valence-electron chi connectivity index (χ1n) is 8.71. The molecule has 0 aliphatic rings. The maximum Gasteiger partial charge on any atom is 0.253 e. The fourth-order valence-electron chi connectivity index (χ4n) is 2.98. The highest BCUT2D eigenvalue weighted by molar-refractivity contribution is 5.95. The van der Waals surface area contributed by atoms with Crippen LogP contribution >= 0.6 is 0 Å². The van der Waals surface area contributed by atoms with E-state index in [9.17, 15) is 4.79 Å². The van der Waals surface area contributed by atoms with Crippen molar-refractivity contribution >= 4 is 11.6 Å². The van der Waals surface area contributed by atoms with Gasteiger partial charge in [0.05, 0.1) is 6.54 Å². The molecule has 2 aromatic carbocycles. The van der Waals surface area contributed by atoms with Gasteiger partial charge in [0.1, 0.15) is 0 Å². The molecule has 1 N–H and O–H groups in total. The van der Waals surface area contributed by atoms with Crippen molar-refractivity contribution in [2.24, 2.45) is 0 Å². The normalized spacial score (nSPS) is 11.9. The Kier molecular flexibility index (Phi) is 4.78. The van der Waals surface area contributed by atoms with E-state index in [1.807, 2.05) is 77.6 Å². The topological polar surface area (TPSA) is 64.7 Å². The molecule has 0 saturated carbocycles. The second-order valence-electron chi connectivity index (χ2n) is 6.19. The molecule has 0 bridgehead atoms. The molecule has 4 aromatic rings. The van der Waals surface area contributed by atoms with Gasteiger partial charge in [-0.05, 0) is 35.4 Å². The largest absolute Gasteiger partial charge is 0.324 e. The molecule has 0 saturated heterocycles. The fraction of sp³-hybridized carbons (Fsp3) is 0.0952. The van der Waals surface area contributed by atoms with Crippen molar-refractivity contribution in [3.8, 4) is 0 Å². The molecule has 6 heteroatoms. The molecule has 1 amide bonds. The number of carbonyl (C=O) groups excluding carboxylic acids is 1. The van der Waals surface area contributed by atoms with Crippen LogP contribution in [-0.4, -0.2) is 25.5 Å². The van der Waals surface area contributed by atoms with E-state index in [1.54, 1.807) is 23.3 Å². The number of carbonyl (C=O) groups is 1. The van der Waals surface area contributed by atoms with Gasteiger partial charge >= 0.3 is 0 Å². The van der Waals surface area contributed by atoms with E-state index in [-0.39, 0.29) is 5.91 Å². The van der Waals surface area contributed by atoms with Crippen molar-refractivity contribution in [1.82, 2.24) is 19.6 Å². The Bertz CT molecular complexity index is 977. The Hall–Kier alpha value is -3.67. The molecular formula is C21H19N5O. The van der Waals surface area contributed by atoms with Crippen LogP contribution in [0.1, 0.15) is 17.2 Å². The van der Waals surface area contributed by atoms with E-state index in [4.69, 9.17) is 0 Å². The van der Waals surface area contributed by atoms with Gasteiger partial charge < -0.3 is 5.32 Å². The summed E-state index contributed by atoms with van der Waals surface area (Å²) in [6.45, 7) is 0.696. The molecule has 6 nitrogen and oxygen atoms in total. The lowest BCUT2D eigenvalue weighted by molar-refractivity contribution is -0.118. The Morgan fingerprint density at radius 1 is 0.889 bits per heavy atom. The molecule has 134 valence electrons. The molecular weight excluding hydrogens is 338 g/mol. The van der Waals surface area contributed by atoms with Gasteiger partial charge in [0, 0.05) is 30.5 Å². The summed E-state index contributed by atoms with van der Waals surface area (Å²) in [5, 5.41) is 11.5. The minimum absolute atomic E-state index is 0.135. The number of anilines is 1. The first kappa shape index (κ1) is 16.8. The summed E-state index contributed by atoms with van der Waals surface area (Å²) in [6, 6.07) is 20.6. The lowest BCUT2D eigenvalue weighted by atomic mass is 10.1. The highest BCUT2D eigenvalue weighted by Crippen LogP contribution is 2.20. The number of benzene rings is 2. The molecule has 2 aromatic heterocycles. The van der Waals surface area contributed by atoms with Crippen LogP contribution in [-0.2, 0) is 11.3 Å². The summed E-state index contributed by atoms with van der Waals surface area (Å²) < 4.78 is 3.52. The summed E-state index contributed by atoms with van der Waals surface area (Å²) >= 11 is 0. The predicted molar refractivity (Wildman–Crippen MR) is 103 cm³/mol. The number of amides is 1. The number of rotatable bonds is 6. The average molecular weight is 357 g/mol. The zero-order valence-corrected chi connectivity index (χ0v) is 14.6. The predicted octanol–water partition coefficient (Wildman–Crippen LogP) is 3.36. The quantitative estimate of drug-likeness (QED) is 0.575. The fourth-order valence-corrected chi connectivity index (χ4v) is 2.98. The summed E-state index contributed by atoms with van der Waals surface area (Å²) in [6.07, 6.45) is 7.15. The number of aromatic nitrogens is 4. The third-order valence-corrected chi connectivity index (χ3v) is 4.28. The summed E-state index contributed by atoms with van der Waals surface area (Å²) in [5.74, 6) is -0.135. The van der Waals surface area contributed by atoms with Crippen LogP contribution in [0.5, 0.6) is 0 Å². The molecule has 0 aliphatic heterocycles. The summed E-state index contributed by atoms with van der Waals surface area (Å²) in [5.41, 5.74) is 2.75. The van der Waals surface area contributed by atoms with Gasteiger partial charge in [0.2, 0.25) is 0 Å².